The Balaban J connectivity index is 1.20. The molecule has 4 N–H and O–H groups in total. The van der Waals surface area contributed by atoms with E-state index in [0.29, 0.717) is 52.1 Å². The zero-order valence-corrected chi connectivity index (χ0v) is 24.9. The van der Waals surface area contributed by atoms with Crippen LogP contribution in [0, 0.1) is 0 Å². The van der Waals surface area contributed by atoms with Gasteiger partial charge in [0.05, 0.1) is 24.3 Å². The van der Waals surface area contributed by atoms with Gasteiger partial charge < -0.3 is 25.0 Å². The number of ether oxygens (including phenoxy) is 2. The molecule has 0 atom stereocenters. The van der Waals surface area contributed by atoms with E-state index in [1.807, 2.05) is 57.2 Å². The highest BCUT2D eigenvalue weighted by atomic mass is 16.5. The van der Waals surface area contributed by atoms with Gasteiger partial charge in [0.1, 0.15) is 36.0 Å². The monoisotopic (exact) mass is 597 g/mol. The van der Waals surface area contributed by atoms with Crippen molar-refractivity contribution in [1.82, 2.24) is 29.8 Å². The van der Waals surface area contributed by atoms with Crippen molar-refractivity contribution in [3.05, 3.63) is 66.7 Å². The number of fused-ring (bicyclic) bond motifs is 1. The maximum absolute atomic E-state index is 12.7. The van der Waals surface area contributed by atoms with Gasteiger partial charge in [-0.2, -0.15) is 5.10 Å². The van der Waals surface area contributed by atoms with E-state index in [2.05, 4.69) is 30.7 Å². The van der Waals surface area contributed by atoms with Crippen molar-refractivity contribution < 1.29 is 18.8 Å². The molecule has 0 radical (unpaired) electrons. The van der Waals surface area contributed by atoms with Crippen LogP contribution >= 0.6 is 0 Å². The fourth-order valence-electron chi connectivity index (χ4n) is 4.86. The zero-order valence-electron chi connectivity index (χ0n) is 24.9. The molecule has 3 aromatic heterocycles. The molecule has 4 heterocycles. The summed E-state index contributed by atoms with van der Waals surface area (Å²) in [7, 11) is 0. The molecule has 1 aliphatic rings. The molecule has 0 saturated carbocycles. The maximum atomic E-state index is 12.7. The van der Waals surface area contributed by atoms with Gasteiger partial charge in [-0.05, 0) is 42.5 Å². The third kappa shape index (κ3) is 6.48. The minimum atomic E-state index is -0.458. The first-order chi connectivity index (χ1) is 21.2. The van der Waals surface area contributed by atoms with Crippen LogP contribution in [-0.4, -0.2) is 75.3 Å². The third-order valence-electron chi connectivity index (χ3n) is 7.24. The van der Waals surface area contributed by atoms with Crippen molar-refractivity contribution in [3.8, 4) is 22.7 Å². The fraction of sp³-hybridized carbons (Fsp3) is 0.323. The molecular weight excluding hydrogens is 562 g/mol. The topological polar surface area (TPSA) is 158 Å². The number of nitrogens with two attached hydrogens (primary N) is 1. The number of carbonyl (C=O) groups excluding carboxylic acids is 1. The molecule has 5 aromatic rings. The Labute approximate surface area is 254 Å². The summed E-state index contributed by atoms with van der Waals surface area (Å²) in [6.07, 6.45) is 1.41. The Hall–Kier alpha value is -5.01. The predicted octanol–water partition coefficient (Wildman–Crippen LogP) is 4.71. The van der Waals surface area contributed by atoms with Gasteiger partial charge >= 0.3 is 6.03 Å². The van der Waals surface area contributed by atoms with E-state index < -0.39 is 6.03 Å². The summed E-state index contributed by atoms with van der Waals surface area (Å²) in [5.74, 6) is 2.08. The molecule has 2 aromatic carbocycles. The lowest BCUT2D eigenvalue weighted by Crippen LogP contribution is -2.38. The van der Waals surface area contributed by atoms with Gasteiger partial charge in [0.2, 0.25) is 0 Å². The zero-order chi connectivity index (χ0) is 30.7. The van der Waals surface area contributed by atoms with Crippen LogP contribution in [0.5, 0.6) is 5.75 Å². The van der Waals surface area contributed by atoms with Crippen LogP contribution in [0.1, 0.15) is 26.5 Å². The Morgan fingerprint density at radius 3 is 2.59 bits per heavy atom. The van der Waals surface area contributed by atoms with E-state index >= 15 is 0 Å². The molecule has 13 heteroatoms. The lowest BCUT2D eigenvalue weighted by molar-refractivity contribution is 0.0322. The van der Waals surface area contributed by atoms with E-state index in [4.69, 9.17) is 24.8 Å². The molecule has 1 saturated heterocycles. The number of aromatic nitrogens is 5. The molecule has 0 bridgehead atoms. The molecule has 6 rings (SSSR count). The third-order valence-corrected chi connectivity index (χ3v) is 7.24. The number of carbonyl (C=O) groups is 1. The number of nitrogens with zero attached hydrogens (tertiary/aromatic N) is 6. The number of hydrogen-bond donors (Lipinski definition) is 3. The number of nitrogens with one attached hydrogen (secondary N) is 2. The first-order valence-electron chi connectivity index (χ1n) is 14.4. The number of benzene rings is 2. The van der Waals surface area contributed by atoms with Crippen LogP contribution < -0.4 is 21.1 Å². The molecular formula is C31H35N9O4. The molecule has 1 aliphatic heterocycles. The predicted molar refractivity (Wildman–Crippen MR) is 167 cm³/mol. The average Bonchev–Trinajstić information content (AvgIpc) is 3.64. The number of rotatable bonds is 8. The Morgan fingerprint density at radius 2 is 1.84 bits per heavy atom. The van der Waals surface area contributed by atoms with Crippen molar-refractivity contribution in [2.45, 2.75) is 26.2 Å². The van der Waals surface area contributed by atoms with Gasteiger partial charge in [-0.1, -0.05) is 32.0 Å². The van der Waals surface area contributed by atoms with Gasteiger partial charge in [0.15, 0.2) is 11.5 Å². The molecule has 0 aliphatic carbocycles. The second-order valence-corrected chi connectivity index (χ2v) is 11.5. The van der Waals surface area contributed by atoms with E-state index in [1.54, 1.807) is 22.9 Å². The summed E-state index contributed by atoms with van der Waals surface area (Å²) in [5.41, 5.74) is 9.34. The van der Waals surface area contributed by atoms with Crippen LogP contribution in [0.25, 0.3) is 28.0 Å². The summed E-state index contributed by atoms with van der Waals surface area (Å²) < 4.78 is 18.4. The summed E-state index contributed by atoms with van der Waals surface area (Å²) >= 11 is 0. The highest BCUT2D eigenvalue weighted by Crippen LogP contribution is 2.33. The lowest BCUT2D eigenvalue weighted by atomic mass is 9.93. The Morgan fingerprint density at radius 1 is 1.05 bits per heavy atom. The van der Waals surface area contributed by atoms with Gasteiger partial charge in [-0.3, -0.25) is 10.2 Å². The normalized spacial score (nSPS) is 14.1. The van der Waals surface area contributed by atoms with Crippen molar-refractivity contribution in [3.63, 3.8) is 0 Å². The van der Waals surface area contributed by atoms with Crippen LogP contribution in [0.15, 0.2) is 65.4 Å². The van der Waals surface area contributed by atoms with Gasteiger partial charge in [-0.15, -0.1) is 0 Å². The van der Waals surface area contributed by atoms with Crippen molar-refractivity contribution >= 4 is 34.4 Å². The molecule has 44 heavy (non-hydrogen) atoms. The lowest BCUT2D eigenvalue weighted by Gasteiger charge is -2.26. The van der Waals surface area contributed by atoms with Gasteiger partial charge in [-0.25, -0.2) is 19.4 Å². The molecule has 1 fully saturated rings. The number of hydrogen-bond acceptors (Lipinski definition) is 10. The SMILES string of the molecule is CC(C)(C)c1cc(NC(=O)Nc2cccc(-n3nc(-c4ccc(OCCN5CCOCC5)cc4)c4c(N)ncnc43)c2)no1. The van der Waals surface area contributed by atoms with Crippen LogP contribution in [-0.2, 0) is 10.2 Å². The average molecular weight is 598 g/mol. The molecule has 0 unspecified atom stereocenters. The number of anilines is 3. The van der Waals surface area contributed by atoms with Crippen LogP contribution in [0.2, 0.25) is 0 Å². The van der Waals surface area contributed by atoms with Crippen molar-refractivity contribution in [2.75, 3.05) is 55.8 Å². The maximum Gasteiger partial charge on any atom is 0.324 e. The first kappa shape index (κ1) is 29.1. The minimum Gasteiger partial charge on any atom is -0.492 e. The summed E-state index contributed by atoms with van der Waals surface area (Å²) in [5, 5.41) is 15.0. The van der Waals surface area contributed by atoms with Crippen LogP contribution in [0.4, 0.5) is 22.1 Å². The molecule has 2 amide bonds. The highest BCUT2D eigenvalue weighted by Gasteiger charge is 2.21. The minimum absolute atomic E-state index is 0.227. The summed E-state index contributed by atoms with van der Waals surface area (Å²) in [4.78, 5) is 23.8. The fourth-order valence-corrected chi connectivity index (χ4v) is 4.86. The van der Waals surface area contributed by atoms with E-state index in [0.717, 1.165) is 44.2 Å². The van der Waals surface area contributed by atoms with Gasteiger partial charge in [0, 0.05) is 42.4 Å². The smallest absolute Gasteiger partial charge is 0.324 e. The standard InChI is InChI=1S/C31H35N9O4/c1-31(2,3)24-18-25(38-44-24)36-30(41)35-21-5-4-6-22(17-21)40-29-26(28(32)33-19-34-29)27(37-40)20-7-9-23(10-8-20)43-16-13-39-11-14-42-15-12-39/h4-10,17-19H,11-16H2,1-3H3,(H2,32,33,34)(H2,35,36,38,41). The number of nitrogen functional groups attached to an aromatic ring is 1. The van der Waals surface area contributed by atoms with Crippen molar-refractivity contribution in [1.29, 1.82) is 0 Å². The summed E-state index contributed by atoms with van der Waals surface area (Å²) in [6, 6.07) is 16.2. The quantitative estimate of drug-likeness (QED) is 0.229. The van der Waals surface area contributed by atoms with Gasteiger partial charge in [0.25, 0.3) is 0 Å². The number of morpholine rings is 1. The second kappa shape index (κ2) is 12.3. The van der Waals surface area contributed by atoms with E-state index in [-0.39, 0.29) is 5.41 Å². The first-order valence-corrected chi connectivity index (χ1v) is 14.4. The number of urea groups is 1. The highest BCUT2D eigenvalue weighted by molar-refractivity contribution is 6.00. The Kier molecular flexibility index (Phi) is 8.13. The van der Waals surface area contributed by atoms with E-state index in [9.17, 15) is 4.79 Å². The molecule has 13 nitrogen and oxygen atoms in total. The van der Waals surface area contributed by atoms with Crippen molar-refractivity contribution in [2.24, 2.45) is 0 Å². The van der Waals surface area contributed by atoms with Crippen LogP contribution in [0.3, 0.4) is 0 Å². The second-order valence-electron chi connectivity index (χ2n) is 11.5. The molecule has 228 valence electrons. The summed E-state index contributed by atoms with van der Waals surface area (Å²) in [6.45, 7) is 10.8. The van der Waals surface area contributed by atoms with E-state index in [1.165, 1.54) is 6.33 Å². The largest absolute Gasteiger partial charge is 0.492 e. The molecule has 0 spiro atoms. The number of amides is 2. The Bertz CT molecular complexity index is 1750.